The van der Waals surface area contributed by atoms with Crippen molar-refractivity contribution in [1.82, 2.24) is 0 Å². The van der Waals surface area contributed by atoms with Gasteiger partial charge in [0.1, 0.15) is 11.0 Å². The van der Waals surface area contributed by atoms with Crippen LogP contribution in [0.5, 0.6) is 0 Å². The normalized spacial score (nSPS) is 18.7. The molecule has 1 atom stereocenters. The summed E-state index contributed by atoms with van der Waals surface area (Å²) in [5.74, 6) is 1.42. The molecule has 1 saturated carbocycles. The monoisotopic (exact) mass is 268 g/mol. The molecule has 1 aromatic rings. The first-order valence-electron chi connectivity index (χ1n) is 6.62. The Morgan fingerprint density at radius 1 is 1.44 bits per heavy atom. The number of furan rings is 1. The van der Waals surface area contributed by atoms with Crippen LogP contribution in [-0.4, -0.2) is 16.3 Å². The van der Waals surface area contributed by atoms with Gasteiger partial charge in [-0.15, -0.1) is 11.8 Å². The van der Waals surface area contributed by atoms with Gasteiger partial charge in [0.2, 0.25) is 0 Å². The Labute approximate surface area is 112 Å². The minimum absolute atomic E-state index is 0.293. The van der Waals surface area contributed by atoms with E-state index in [1.54, 1.807) is 6.26 Å². The first-order valence-corrected chi connectivity index (χ1v) is 7.67. The summed E-state index contributed by atoms with van der Waals surface area (Å²) in [6.45, 7) is 0. The number of carbonyl (C=O) groups is 1. The van der Waals surface area contributed by atoms with Gasteiger partial charge in [-0.05, 0) is 24.5 Å². The average molecular weight is 268 g/mol. The first-order chi connectivity index (χ1) is 8.75. The molecule has 0 saturated heterocycles. The van der Waals surface area contributed by atoms with E-state index in [2.05, 4.69) is 0 Å². The number of hydrogen-bond acceptors (Lipinski definition) is 3. The van der Waals surface area contributed by atoms with Crippen molar-refractivity contribution in [3.05, 3.63) is 24.2 Å². The van der Waals surface area contributed by atoms with Crippen molar-refractivity contribution in [1.29, 1.82) is 0 Å². The van der Waals surface area contributed by atoms with Crippen LogP contribution in [0.1, 0.15) is 44.3 Å². The number of aliphatic carboxylic acids is 1. The Kier molecular flexibility index (Phi) is 5.17. The minimum Gasteiger partial charge on any atom is -0.480 e. The highest BCUT2D eigenvalue weighted by molar-refractivity contribution is 7.99. The van der Waals surface area contributed by atoms with Gasteiger partial charge in [-0.2, -0.15) is 0 Å². The number of hydrogen-bond donors (Lipinski definition) is 1. The molecule has 1 N–H and O–H groups in total. The quantitative estimate of drug-likeness (QED) is 0.849. The van der Waals surface area contributed by atoms with E-state index in [1.165, 1.54) is 43.9 Å². The second-order valence-electron chi connectivity index (χ2n) is 4.96. The van der Waals surface area contributed by atoms with E-state index in [-0.39, 0.29) is 5.25 Å². The van der Waals surface area contributed by atoms with E-state index < -0.39 is 5.97 Å². The molecule has 0 radical (unpaired) electrons. The van der Waals surface area contributed by atoms with Crippen LogP contribution in [-0.2, 0) is 10.5 Å². The van der Waals surface area contributed by atoms with Crippen LogP contribution in [0.15, 0.2) is 22.8 Å². The van der Waals surface area contributed by atoms with Crippen LogP contribution in [0.2, 0.25) is 0 Å². The summed E-state index contributed by atoms with van der Waals surface area (Å²) in [6.07, 6.45) is 8.68. The molecule has 1 heterocycles. The zero-order chi connectivity index (χ0) is 12.8. The molecule has 4 heteroatoms. The maximum Gasteiger partial charge on any atom is 0.316 e. The summed E-state index contributed by atoms with van der Waals surface area (Å²) in [4.78, 5) is 11.3. The highest BCUT2D eigenvalue weighted by Gasteiger charge is 2.24. The fourth-order valence-corrected chi connectivity index (χ4v) is 3.62. The first kappa shape index (κ1) is 13.5. The van der Waals surface area contributed by atoms with Gasteiger partial charge in [0.25, 0.3) is 0 Å². The molecule has 0 unspecified atom stereocenters. The Morgan fingerprint density at radius 3 is 2.83 bits per heavy atom. The van der Waals surface area contributed by atoms with E-state index >= 15 is 0 Å². The van der Waals surface area contributed by atoms with Crippen LogP contribution >= 0.6 is 11.8 Å². The molecule has 1 aromatic heterocycles. The van der Waals surface area contributed by atoms with Crippen molar-refractivity contribution < 1.29 is 14.3 Å². The van der Waals surface area contributed by atoms with Crippen molar-refractivity contribution in [3.8, 4) is 0 Å². The van der Waals surface area contributed by atoms with Gasteiger partial charge in [-0.3, -0.25) is 4.79 Å². The summed E-state index contributed by atoms with van der Waals surface area (Å²) in [5.41, 5.74) is 0. The SMILES string of the molecule is O=C(O)[C@@H](CC1CCCCC1)SCc1ccco1. The molecule has 100 valence electrons. The summed E-state index contributed by atoms with van der Waals surface area (Å²) < 4.78 is 5.24. The summed E-state index contributed by atoms with van der Waals surface area (Å²) in [7, 11) is 0. The lowest BCUT2D eigenvalue weighted by Gasteiger charge is -2.24. The predicted octanol–water partition coefficient (Wildman–Crippen LogP) is 3.94. The Morgan fingerprint density at radius 2 is 2.22 bits per heavy atom. The van der Waals surface area contributed by atoms with Gasteiger partial charge in [0.05, 0.1) is 12.0 Å². The van der Waals surface area contributed by atoms with E-state index in [1.807, 2.05) is 12.1 Å². The molecule has 1 aliphatic rings. The van der Waals surface area contributed by atoms with Crippen molar-refractivity contribution in [3.63, 3.8) is 0 Å². The van der Waals surface area contributed by atoms with Gasteiger partial charge in [-0.1, -0.05) is 32.1 Å². The second-order valence-corrected chi connectivity index (χ2v) is 6.15. The standard InChI is InChI=1S/C14H20O3S/c15-14(16)13(9-11-5-2-1-3-6-11)18-10-12-7-4-8-17-12/h4,7-8,11,13H,1-3,5-6,9-10H2,(H,15,16)/t13-/m1/s1. The van der Waals surface area contributed by atoms with Gasteiger partial charge in [-0.25, -0.2) is 0 Å². The molecule has 2 rings (SSSR count). The Bertz CT molecular complexity index is 355. The topological polar surface area (TPSA) is 50.4 Å². The van der Waals surface area contributed by atoms with Gasteiger partial charge < -0.3 is 9.52 Å². The van der Waals surface area contributed by atoms with E-state index in [9.17, 15) is 9.90 Å². The maximum atomic E-state index is 11.3. The molecule has 3 nitrogen and oxygen atoms in total. The molecule has 0 aromatic carbocycles. The molecule has 18 heavy (non-hydrogen) atoms. The molecular weight excluding hydrogens is 248 g/mol. The van der Waals surface area contributed by atoms with Crippen LogP contribution in [0.3, 0.4) is 0 Å². The summed E-state index contributed by atoms with van der Waals surface area (Å²) >= 11 is 1.49. The van der Waals surface area contributed by atoms with Crippen molar-refractivity contribution >= 4 is 17.7 Å². The molecular formula is C14H20O3S. The third-order valence-electron chi connectivity index (χ3n) is 3.55. The van der Waals surface area contributed by atoms with Gasteiger partial charge in [0, 0.05) is 0 Å². The van der Waals surface area contributed by atoms with Crippen LogP contribution in [0, 0.1) is 5.92 Å². The van der Waals surface area contributed by atoms with E-state index in [0.29, 0.717) is 11.7 Å². The second kappa shape index (κ2) is 6.88. The third kappa shape index (κ3) is 4.09. The highest BCUT2D eigenvalue weighted by atomic mass is 32.2. The number of carboxylic acids is 1. The van der Waals surface area contributed by atoms with E-state index in [0.717, 1.165) is 12.2 Å². The number of rotatable bonds is 6. The highest BCUT2D eigenvalue weighted by Crippen LogP contribution is 2.32. The maximum absolute atomic E-state index is 11.3. The van der Waals surface area contributed by atoms with Gasteiger partial charge in [0.15, 0.2) is 0 Å². The molecule has 0 aliphatic heterocycles. The fourth-order valence-electron chi connectivity index (χ4n) is 2.54. The molecule has 1 aliphatic carbocycles. The summed E-state index contributed by atoms with van der Waals surface area (Å²) in [6, 6.07) is 3.74. The van der Waals surface area contributed by atoms with Crippen molar-refractivity contribution in [2.75, 3.05) is 0 Å². The third-order valence-corrected chi connectivity index (χ3v) is 4.80. The number of carboxylic acid groups (broad SMARTS) is 1. The predicted molar refractivity (Wildman–Crippen MR) is 72.6 cm³/mol. The zero-order valence-corrected chi connectivity index (χ0v) is 11.3. The van der Waals surface area contributed by atoms with Crippen LogP contribution < -0.4 is 0 Å². The van der Waals surface area contributed by atoms with Gasteiger partial charge >= 0.3 is 5.97 Å². The molecule has 0 amide bonds. The molecule has 0 spiro atoms. The largest absolute Gasteiger partial charge is 0.480 e. The Balaban J connectivity index is 1.81. The van der Waals surface area contributed by atoms with Crippen LogP contribution in [0.4, 0.5) is 0 Å². The average Bonchev–Trinajstić information content (AvgIpc) is 2.88. The number of thioether (sulfide) groups is 1. The Hall–Kier alpha value is -0.900. The van der Waals surface area contributed by atoms with Crippen molar-refractivity contribution in [2.45, 2.75) is 49.5 Å². The summed E-state index contributed by atoms with van der Waals surface area (Å²) in [5, 5.41) is 8.99. The van der Waals surface area contributed by atoms with Crippen molar-refractivity contribution in [2.24, 2.45) is 5.92 Å². The van der Waals surface area contributed by atoms with Crippen LogP contribution in [0.25, 0.3) is 0 Å². The zero-order valence-electron chi connectivity index (χ0n) is 10.5. The fraction of sp³-hybridized carbons (Fsp3) is 0.643. The minimum atomic E-state index is -0.683. The molecule has 0 bridgehead atoms. The lowest BCUT2D eigenvalue weighted by atomic mass is 9.86. The smallest absolute Gasteiger partial charge is 0.316 e. The lowest BCUT2D eigenvalue weighted by Crippen LogP contribution is -2.22. The van der Waals surface area contributed by atoms with E-state index in [4.69, 9.17) is 4.42 Å². The molecule has 1 fully saturated rings. The lowest BCUT2D eigenvalue weighted by molar-refractivity contribution is -0.136.